The van der Waals surface area contributed by atoms with Gasteiger partial charge in [-0.2, -0.15) is 0 Å². The number of nitrogens with one attached hydrogen (secondary N) is 3. The number of anilines is 1. The summed E-state index contributed by atoms with van der Waals surface area (Å²) in [5.41, 5.74) is 1.22. The van der Waals surface area contributed by atoms with E-state index in [1.165, 1.54) is 0 Å². The number of hydrogen-bond donors (Lipinski definition) is 3. The van der Waals surface area contributed by atoms with Gasteiger partial charge < -0.3 is 20.7 Å². The van der Waals surface area contributed by atoms with Gasteiger partial charge in [0, 0.05) is 11.2 Å². The first-order chi connectivity index (χ1) is 13.8. The number of ether oxygens (including phenoxy) is 1. The van der Waals surface area contributed by atoms with E-state index in [2.05, 4.69) is 16.0 Å². The minimum Gasteiger partial charge on any atom is -0.461 e. The molecule has 0 spiro atoms. The Labute approximate surface area is 180 Å². The third-order valence-electron chi connectivity index (χ3n) is 4.36. The van der Waals surface area contributed by atoms with Gasteiger partial charge in [-0.3, -0.25) is 14.4 Å². The highest BCUT2D eigenvalue weighted by molar-refractivity contribution is 5.97. The lowest BCUT2D eigenvalue weighted by molar-refractivity contribution is -0.148. The Bertz CT molecular complexity index is 721. The normalized spacial score (nSPS) is 13.7. The number of esters is 1. The molecule has 1 rings (SSSR count). The maximum Gasteiger partial charge on any atom is 0.308 e. The monoisotopic (exact) mass is 419 g/mol. The molecule has 0 fully saturated rings. The van der Waals surface area contributed by atoms with Crippen molar-refractivity contribution in [1.29, 1.82) is 0 Å². The van der Waals surface area contributed by atoms with Crippen LogP contribution in [-0.2, 0) is 25.7 Å². The van der Waals surface area contributed by atoms with Crippen LogP contribution in [0.15, 0.2) is 24.3 Å². The van der Waals surface area contributed by atoms with Crippen LogP contribution in [0.3, 0.4) is 0 Å². The van der Waals surface area contributed by atoms with Crippen molar-refractivity contribution in [3.05, 3.63) is 29.8 Å². The van der Waals surface area contributed by atoms with Crippen LogP contribution in [0.5, 0.6) is 0 Å². The first-order valence-corrected chi connectivity index (χ1v) is 10.4. The van der Waals surface area contributed by atoms with Gasteiger partial charge in [-0.1, -0.05) is 39.8 Å². The zero-order valence-electron chi connectivity index (χ0n) is 19.5. The van der Waals surface area contributed by atoms with E-state index in [0.29, 0.717) is 5.69 Å². The molecule has 1 aromatic carbocycles. The third-order valence-corrected chi connectivity index (χ3v) is 4.36. The molecule has 2 atom stereocenters. The summed E-state index contributed by atoms with van der Waals surface area (Å²) in [4.78, 5) is 36.7. The summed E-state index contributed by atoms with van der Waals surface area (Å²) in [6.45, 7) is 15.3. The quantitative estimate of drug-likeness (QED) is 0.534. The van der Waals surface area contributed by atoms with Gasteiger partial charge in [-0.05, 0) is 51.3 Å². The van der Waals surface area contributed by atoms with E-state index in [9.17, 15) is 14.4 Å². The topological polar surface area (TPSA) is 96.5 Å². The van der Waals surface area contributed by atoms with E-state index in [-0.39, 0.29) is 41.8 Å². The Kier molecular flexibility index (Phi) is 9.49. The Morgan fingerprint density at radius 2 is 1.50 bits per heavy atom. The van der Waals surface area contributed by atoms with Crippen molar-refractivity contribution < 1.29 is 19.1 Å². The maximum absolute atomic E-state index is 12.7. The lowest BCUT2D eigenvalue weighted by Gasteiger charge is -2.31. The average molecular weight is 420 g/mol. The summed E-state index contributed by atoms with van der Waals surface area (Å²) < 4.78 is 5.19. The summed E-state index contributed by atoms with van der Waals surface area (Å²) in [6.07, 6.45) is 0. The Balaban J connectivity index is 2.62. The van der Waals surface area contributed by atoms with E-state index in [0.717, 1.165) is 5.56 Å². The smallest absolute Gasteiger partial charge is 0.308 e. The molecule has 1 aromatic rings. The summed E-state index contributed by atoms with van der Waals surface area (Å²) in [5, 5.41) is 8.88. The van der Waals surface area contributed by atoms with Crippen LogP contribution in [0.4, 0.5) is 5.69 Å². The Morgan fingerprint density at radius 3 is 1.97 bits per heavy atom. The second-order valence-electron chi connectivity index (χ2n) is 9.29. The molecule has 0 saturated heterocycles. The summed E-state index contributed by atoms with van der Waals surface area (Å²) in [5.74, 6) is -0.853. The molecule has 7 nitrogen and oxygen atoms in total. The molecule has 168 valence electrons. The molecule has 0 aromatic heterocycles. The highest BCUT2D eigenvalue weighted by Crippen LogP contribution is 2.13. The van der Waals surface area contributed by atoms with E-state index in [4.69, 9.17) is 4.74 Å². The molecule has 0 aliphatic carbocycles. The lowest BCUT2D eigenvalue weighted by atomic mass is 9.98. The molecule has 0 heterocycles. The van der Waals surface area contributed by atoms with Crippen LogP contribution in [0.25, 0.3) is 0 Å². The van der Waals surface area contributed by atoms with Crippen molar-refractivity contribution in [3.63, 3.8) is 0 Å². The second-order valence-corrected chi connectivity index (χ2v) is 9.29. The molecule has 0 unspecified atom stereocenters. The second kappa shape index (κ2) is 11.1. The standard InChI is InChI=1S/C23H37N3O4/c1-14(2)19(26-23(6,7)8)21(28)24-16(5)20(27)25-18-11-9-17(10-12-18)13-30-22(29)15(3)4/h9-12,14-16,19,26H,13H2,1-8H3,(H,24,28)(H,25,27)/t16-,19-/m0/s1. The molecule has 0 aliphatic rings. The van der Waals surface area contributed by atoms with Crippen LogP contribution < -0.4 is 16.0 Å². The fraction of sp³-hybridized carbons (Fsp3) is 0.609. The van der Waals surface area contributed by atoms with Crippen molar-refractivity contribution >= 4 is 23.5 Å². The van der Waals surface area contributed by atoms with E-state index >= 15 is 0 Å². The van der Waals surface area contributed by atoms with Gasteiger partial charge in [0.1, 0.15) is 12.6 Å². The molecule has 0 saturated carbocycles. The predicted molar refractivity (Wildman–Crippen MR) is 119 cm³/mol. The molecule has 0 bridgehead atoms. The largest absolute Gasteiger partial charge is 0.461 e. The highest BCUT2D eigenvalue weighted by Gasteiger charge is 2.28. The summed E-state index contributed by atoms with van der Waals surface area (Å²) in [7, 11) is 0. The first kappa shape index (κ1) is 25.6. The van der Waals surface area contributed by atoms with Crippen molar-refractivity contribution in [2.24, 2.45) is 11.8 Å². The van der Waals surface area contributed by atoms with Gasteiger partial charge in [0.15, 0.2) is 0 Å². The van der Waals surface area contributed by atoms with Gasteiger partial charge in [0.2, 0.25) is 11.8 Å². The molecule has 2 amide bonds. The highest BCUT2D eigenvalue weighted by atomic mass is 16.5. The molecule has 3 N–H and O–H groups in total. The predicted octanol–water partition coefficient (Wildman–Crippen LogP) is 3.24. The van der Waals surface area contributed by atoms with Crippen LogP contribution in [0, 0.1) is 11.8 Å². The molecular formula is C23H37N3O4. The number of hydrogen-bond acceptors (Lipinski definition) is 5. The number of carbonyl (C=O) groups is 3. The summed E-state index contributed by atoms with van der Waals surface area (Å²) >= 11 is 0. The van der Waals surface area contributed by atoms with Gasteiger partial charge >= 0.3 is 5.97 Å². The summed E-state index contributed by atoms with van der Waals surface area (Å²) in [6, 6.07) is 5.97. The van der Waals surface area contributed by atoms with Crippen molar-refractivity contribution in [2.75, 3.05) is 5.32 Å². The molecule has 30 heavy (non-hydrogen) atoms. The average Bonchev–Trinajstić information content (AvgIpc) is 2.64. The number of carbonyl (C=O) groups excluding carboxylic acids is 3. The van der Waals surface area contributed by atoms with Crippen molar-refractivity contribution in [1.82, 2.24) is 10.6 Å². The van der Waals surface area contributed by atoms with Crippen molar-refractivity contribution in [2.45, 2.75) is 79.6 Å². The van der Waals surface area contributed by atoms with Crippen LogP contribution in [-0.4, -0.2) is 35.4 Å². The number of rotatable bonds is 9. The van der Waals surface area contributed by atoms with Crippen LogP contribution >= 0.6 is 0 Å². The minimum atomic E-state index is -0.688. The van der Waals surface area contributed by atoms with Gasteiger partial charge in [-0.25, -0.2) is 0 Å². The molecular weight excluding hydrogens is 382 g/mol. The number of amides is 2. The zero-order chi connectivity index (χ0) is 23.1. The minimum absolute atomic E-state index is 0.0804. The van der Waals surface area contributed by atoms with Gasteiger partial charge in [-0.15, -0.1) is 0 Å². The molecule has 0 radical (unpaired) electrons. The Hall–Kier alpha value is -2.41. The van der Waals surface area contributed by atoms with Gasteiger partial charge in [0.25, 0.3) is 0 Å². The molecule has 7 heteroatoms. The zero-order valence-corrected chi connectivity index (χ0v) is 19.5. The van der Waals surface area contributed by atoms with Crippen LogP contribution in [0.1, 0.15) is 61.0 Å². The van der Waals surface area contributed by atoms with E-state index in [1.807, 2.05) is 34.6 Å². The van der Waals surface area contributed by atoms with Crippen molar-refractivity contribution in [3.8, 4) is 0 Å². The fourth-order valence-corrected chi connectivity index (χ4v) is 2.63. The SMILES string of the molecule is CC(C)C(=O)OCc1ccc(NC(=O)[C@H](C)NC(=O)[C@@H](NC(C)(C)C)C(C)C)cc1. The van der Waals surface area contributed by atoms with Gasteiger partial charge in [0.05, 0.1) is 12.0 Å². The van der Waals surface area contributed by atoms with E-state index in [1.54, 1.807) is 45.0 Å². The first-order valence-electron chi connectivity index (χ1n) is 10.4. The Morgan fingerprint density at radius 1 is 0.933 bits per heavy atom. The lowest BCUT2D eigenvalue weighted by Crippen LogP contribution is -2.56. The third kappa shape index (κ3) is 8.95. The molecule has 0 aliphatic heterocycles. The maximum atomic E-state index is 12.7. The fourth-order valence-electron chi connectivity index (χ4n) is 2.63. The van der Waals surface area contributed by atoms with Crippen LogP contribution in [0.2, 0.25) is 0 Å². The van der Waals surface area contributed by atoms with E-state index < -0.39 is 12.1 Å². The number of benzene rings is 1.